The average molecular weight is 354 g/mol. The van der Waals surface area contributed by atoms with Crippen molar-refractivity contribution in [3.63, 3.8) is 0 Å². The molecule has 2 amide bonds. The van der Waals surface area contributed by atoms with Gasteiger partial charge in [-0.3, -0.25) is 9.59 Å². The summed E-state index contributed by atoms with van der Waals surface area (Å²) >= 11 is 0. The second-order valence-electron chi connectivity index (χ2n) is 7.45. The number of rotatable bonds is 7. The van der Waals surface area contributed by atoms with Crippen LogP contribution in [-0.2, 0) is 16.0 Å². The van der Waals surface area contributed by atoms with Crippen LogP contribution in [0.2, 0.25) is 0 Å². The normalized spacial score (nSPS) is 19.5. The molecular weight excluding hydrogens is 324 g/mol. The third-order valence-corrected chi connectivity index (χ3v) is 5.53. The van der Waals surface area contributed by atoms with Crippen molar-refractivity contribution in [2.45, 2.75) is 51.4 Å². The monoisotopic (exact) mass is 354 g/mol. The summed E-state index contributed by atoms with van der Waals surface area (Å²) < 4.78 is 0. The highest BCUT2D eigenvalue weighted by atomic mass is 16.2. The second-order valence-corrected chi connectivity index (χ2v) is 7.45. The standard InChI is InChI=1S/C22H30N2O2/c25-21(12-6-9-18-7-2-1-3-8-18)23-15-13-22(26)24-16-14-19-10-4-5-11-20(19)17-24/h1-3,7-8,11,19H,4-6,9-10,12-17H2,(H,23,25). The summed E-state index contributed by atoms with van der Waals surface area (Å²) in [5.74, 6) is 0.916. The lowest BCUT2D eigenvalue weighted by atomic mass is 9.82. The van der Waals surface area contributed by atoms with Gasteiger partial charge in [-0.05, 0) is 50.0 Å². The fourth-order valence-corrected chi connectivity index (χ4v) is 4.00. The van der Waals surface area contributed by atoms with Crippen LogP contribution in [0.5, 0.6) is 0 Å². The summed E-state index contributed by atoms with van der Waals surface area (Å²) in [4.78, 5) is 26.3. The zero-order valence-electron chi connectivity index (χ0n) is 15.6. The Balaban J connectivity index is 1.31. The molecule has 26 heavy (non-hydrogen) atoms. The molecule has 1 aliphatic heterocycles. The lowest BCUT2D eigenvalue weighted by Crippen LogP contribution is -2.41. The first-order valence-electron chi connectivity index (χ1n) is 9.99. The van der Waals surface area contributed by atoms with Crippen LogP contribution >= 0.6 is 0 Å². The van der Waals surface area contributed by atoms with E-state index < -0.39 is 0 Å². The number of carbonyl (C=O) groups is 2. The molecule has 4 heteroatoms. The summed E-state index contributed by atoms with van der Waals surface area (Å²) in [5, 5.41) is 2.89. The van der Waals surface area contributed by atoms with Crippen LogP contribution in [0.1, 0.15) is 50.5 Å². The van der Waals surface area contributed by atoms with Gasteiger partial charge in [0, 0.05) is 32.5 Å². The molecule has 1 atom stereocenters. The van der Waals surface area contributed by atoms with Crippen molar-refractivity contribution in [3.8, 4) is 0 Å². The molecule has 2 aliphatic rings. The van der Waals surface area contributed by atoms with Gasteiger partial charge in [-0.1, -0.05) is 42.0 Å². The number of likely N-dealkylation sites (tertiary alicyclic amines) is 1. The van der Waals surface area contributed by atoms with E-state index in [1.807, 2.05) is 23.1 Å². The van der Waals surface area contributed by atoms with Gasteiger partial charge in [-0.15, -0.1) is 0 Å². The van der Waals surface area contributed by atoms with Crippen LogP contribution in [0.3, 0.4) is 0 Å². The van der Waals surface area contributed by atoms with Gasteiger partial charge in [0.15, 0.2) is 0 Å². The smallest absolute Gasteiger partial charge is 0.224 e. The molecule has 1 N–H and O–H groups in total. The molecule has 0 radical (unpaired) electrons. The van der Waals surface area contributed by atoms with Crippen LogP contribution in [0.4, 0.5) is 0 Å². The van der Waals surface area contributed by atoms with E-state index >= 15 is 0 Å². The van der Waals surface area contributed by atoms with Gasteiger partial charge in [-0.25, -0.2) is 0 Å². The largest absolute Gasteiger partial charge is 0.356 e. The third-order valence-electron chi connectivity index (χ3n) is 5.53. The van der Waals surface area contributed by atoms with E-state index in [1.165, 1.54) is 24.0 Å². The van der Waals surface area contributed by atoms with E-state index in [-0.39, 0.29) is 11.8 Å². The molecule has 1 aliphatic carbocycles. The molecule has 1 fully saturated rings. The molecular formula is C22H30N2O2. The third kappa shape index (κ3) is 5.45. The number of piperidine rings is 1. The molecule has 1 aromatic rings. The molecule has 0 aromatic heterocycles. The van der Waals surface area contributed by atoms with Crippen molar-refractivity contribution in [1.82, 2.24) is 10.2 Å². The predicted molar refractivity (Wildman–Crippen MR) is 104 cm³/mol. The van der Waals surface area contributed by atoms with Gasteiger partial charge >= 0.3 is 0 Å². The highest BCUT2D eigenvalue weighted by molar-refractivity contribution is 5.79. The second kappa shape index (κ2) is 9.56. The van der Waals surface area contributed by atoms with E-state index in [9.17, 15) is 9.59 Å². The van der Waals surface area contributed by atoms with E-state index in [0.717, 1.165) is 38.8 Å². The number of carbonyl (C=O) groups excluding carboxylic acids is 2. The highest BCUT2D eigenvalue weighted by Crippen LogP contribution is 2.31. The van der Waals surface area contributed by atoms with E-state index in [1.54, 1.807) is 0 Å². The minimum absolute atomic E-state index is 0.0439. The molecule has 0 saturated carbocycles. The Morgan fingerprint density at radius 3 is 2.81 bits per heavy atom. The first-order valence-corrected chi connectivity index (χ1v) is 9.99. The minimum atomic E-state index is 0.0439. The zero-order chi connectivity index (χ0) is 18.2. The number of fused-ring (bicyclic) bond motifs is 1. The van der Waals surface area contributed by atoms with Crippen LogP contribution in [0.25, 0.3) is 0 Å². The maximum atomic E-state index is 12.4. The number of hydrogen-bond donors (Lipinski definition) is 1. The Morgan fingerprint density at radius 1 is 1.12 bits per heavy atom. The van der Waals surface area contributed by atoms with Crippen LogP contribution < -0.4 is 5.32 Å². The highest BCUT2D eigenvalue weighted by Gasteiger charge is 2.27. The quantitative estimate of drug-likeness (QED) is 0.762. The van der Waals surface area contributed by atoms with Gasteiger partial charge in [-0.2, -0.15) is 0 Å². The summed E-state index contributed by atoms with van der Waals surface area (Å²) in [6, 6.07) is 10.2. The number of amides is 2. The maximum absolute atomic E-state index is 12.4. The SMILES string of the molecule is O=C(CCCc1ccccc1)NCCC(=O)N1CCC2CCCC=C2C1. The molecule has 1 aromatic carbocycles. The summed E-state index contributed by atoms with van der Waals surface area (Å²) in [6.45, 7) is 2.11. The van der Waals surface area contributed by atoms with Crippen molar-refractivity contribution in [1.29, 1.82) is 0 Å². The molecule has 140 valence electrons. The average Bonchev–Trinajstić information content (AvgIpc) is 2.68. The van der Waals surface area contributed by atoms with Gasteiger partial charge in [0.2, 0.25) is 11.8 Å². The molecule has 1 heterocycles. The molecule has 1 saturated heterocycles. The topological polar surface area (TPSA) is 49.4 Å². The van der Waals surface area contributed by atoms with Crippen molar-refractivity contribution in [2.75, 3.05) is 19.6 Å². The van der Waals surface area contributed by atoms with Crippen molar-refractivity contribution >= 4 is 11.8 Å². The fraction of sp³-hybridized carbons (Fsp3) is 0.545. The number of allylic oxidation sites excluding steroid dienone is 1. The van der Waals surface area contributed by atoms with Crippen LogP contribution in [0.15, 0.2) is 42.0 Å². The number of aryl methyl sites for hydroxylation is 1. The summed E-state index contributed by atoms with van der Waals surface area (Å²) in [7, 11) is 0. The van der Waals surface area contributed by atoms with E-state index in [2.05, 4.69) is 23.5 Å². The van der Waals surface area contributed by atoms with Gasteiger partial charge in [0.25, 0.3) is 0 Å². The Bertz CT molecular complexity index is 639. The fourth-order valence-electron chi connectivity index (χ4n) is 4.00. The summed E-state index contributed by atoms with van der Waals surface area (Å²) in [6.07, 6.45) is 9.84. The van der Waals surface area contributed by atoms with Gasteiger partial charge in [0.1, 0.15) is 0 Å². The first kappa shape index (κ1) is 18.7. The van der Waals surface area contributed by atoms with Crippen LogP contribution in [0, 0.1) is 5.92 Å². The lowest BCUT2D eigenvalue weighted by Gasteiger charge is -2.36. The van der Waals surface area contributed by atoms with Crippen molar-refractivity contribution in [3.05, 3.63) is 47.5 Å². The molecule has 4 nitrogen and oxygen atoms in total. The van der Waals surface area contributed by atoms with E-state index in [0.29, 0.717) is 25.3 Å². The molecule has 3 rings (SSSR count). The Morgan fingerprint density at radius 2 is 1.96 bits per heavy atom. The Kier molecular flexibility index (Phi) is 6.87. The lowest BCUT2D eigenvalue weighted by molar-refractivity contribution is -0.131. The maximum Gasteiger partial charge on any atom is 0.224 e. The Hall–Kier alpha value is -2.10. The van der Waals surface area contributed by atoms with Crippen molar-refractivity contribution < 1.29 is 9.59 Å². The number of nitrogens with zero attached hydrogens (tertiary/aromatic N) is 1. The summed E-state index contributed by atoms with van der Waals surface area (Å²) in [5.41, 5.74) is 2.72. The Labute approximate surface area is 156 Å². The number of hydrogen-bond acceptors (Lipinski definition) is 2. The van der Waals surface area contributed by atoms with Gasteiger partial charge < -0.3 is 10.2 Å². The number of benzene rings is 1. The van der Waals surface area contributed by atoms with Crippen LogP contribution in [-0.4, -0.2) is 36.3 Å². The van der Waals surface area contributed by atoms with Gasteiger partial charge in [0.05, 0.1) is 0 Å². The van der Waals surface area contributed by atoms with E-state index in [4.69, 9.17) is 0 Å². The number of nitrogens with one attached hydrogen (secondary N) is 1. The first-order chi connectivity index (χ1) is 12.7. The predicted octanol–water partition coefficient (Wildman–Crippen LogP) is 3.47. The molecule has 1 unspecified atom stereocenters. The molecule has 0 spiro atoms. The minimum Gasteiger partial charge on any atom is -0.356 e. The zero-order valence-corrected chi connectivity index (χ0v) is 15.6. The molecule has 0 bridgehead atoms. The van der Waals surface area contributed by atoms with Crippen molar-refractivity contribution in [2.24, 2.45) is 5.92 Å².